The van der Waals surface area contributed by atoms with Crippen LogP contribution in [0.15, 0.2) is 24.3 Å². The van der Waals surface area contributed by atoms with E-state index < -0.39 is 0 Å². The molecule has 0 saturated heterocycles. The molecule has 0 fully saturated rings. The second-order valence-electron chi connectivity index (χ2n) is 6.17. The zero-order valence-corrected chi connectivity index (χ0v) is 14.0. The van der Waals surface area contributed by atoms with E-state index in [9.17, 15) is 5.11 Å². The Labute approximate surface area is 136 Å². The highest BCUT2D eigenvalue weighted by molar-refractivity contribution is 5.26. The van der Waals surface area contributed by atoms with Gasteiger partial charge in [-0.15, -0.1) is 0 Å². The maximum atomic E-state index is 9.38. The lowest BCUT2D eigenvalue weighted by Gasteiger charge is -2.06. The number of rotatable bonds is 14. The van der Waals surface area contributed by atoms with Gasteiger partial charge in [0.05, 0.1) is 0 Å². The highest BCUT2D eigenvalue weighted by Crippen LogP contribution is 2.11. The SMILES string of the molecule is NCCCCCCCCCCCCNCc1cccc(O)c1. The van der Waals surface area contributed by atoms with Crippen LogP contribution in [0.4, 0.5) is 0 Å². The Morgan fingerprint density at radius 2 is 1.41 bits per heavy atom. The average Bonchev–Trinajstić information content (AvgIpc) is 2.52. The average molecular weight is 306 g/mol. The Balaban J connectivity index is 1.80. The van der Waals surface area contributed by atoms with Crippen molar-refractivity contribution in [2.24, 2.45) is 5.73 Å². The zero-order valence-electron chi connectivity index (χ0n) is 14.0. The Hall–Kier alpha value is -1.06. The van der Waals surface area contributed by atoms with Gasteiger partial charge in [-0.05, 0) is 43.6 Å². The van der Waals surface area contributed by atoms with E-state index >= 15 is 0 Å². The molecule has 0 aliphatic heterocycles. The predicted octanol–water partition coefficient (Wildman–Crippen LogP) is 4.34. The number of hydrogen-bond acceptors (Lipinski definition) is 3. The predicted molar refractivity (Wildman–Crippen MR) is 95.0 cm³/mol. The summed E-state index contributed by atoms with van der Waals surface area (Å²) < 4.78 is 0. The molecule has 0 radical (unpaired) electrons. The normalized spacial score (nSPS) is 11.0. The Kier molecular flexibility index (Phi) is 11.7. The molecule has 0 bridgehead atoms. The first kappa shape index (κ1) is 19.0. The van der Waals surface area contributed by atoms with E-state index in [1.54, 1.807) is 6.07 Å². The molecule has 1 aromatic carbocycles. The first-order chi connectivity index (χ1) is 10.8. The molecule has 0 heterocycles. The van der Waals surface area contributed by atoms with Gasteiger partial charge in [0.15, 0.2) is 0 Å². The third kappa shape index (κ3) is 10.6. The molecule has 0 aliphatic rings. The summed E-state index contributed by atoms with van der Waals surface area (Å²) in [6.45, 7) is 2.76. The lowest BCUT2D eigenvalue weighted by atomic mass is 10.1. The van der Waals surface area contributed by atoms with Gasteiger partial charge in [-0.3, -0.25) is 0 Å². The molecule has 0 saturated carbocycles. The van der Waals surface area contributed by atoms with Crippen LogP contribution >= 0.6 is 0 Å². The van der Waals surface area contributed by atoms with Crippen molar-refractivity contribution in [1.82, 2.24) is 5.32 Å². The molecule has 1 aromatic rings. The molecule has 0 atom stereocenters. The molecule has 4 N–H and O–H groups in total. The van der Waals surface area contributed by atoms with E-state index in [0.717, 1.165) is 25.2 Å². The number of hydrogen-bond donors (Lipinski definition) is 3. The van der Waals surface area contributed by atoms with Gasteiger partial charge in [0.2, 0.25) is 0 Å². The summed E-state index contributed by atoms with van der Waals surface area (Å²) in [6.07, 6.45) is 13.3. The minimum absolute atomic E-state index is 0.349. The zero-order chi connectivity index (χ0) is 15.9. The molecule has 126 valence electrons. The molecule has 22 heavy (non-hydrogen) atoms. The summed E-state index contributed by atoms with van der Waals surface area (Å²) in [5.41, 5.74) is 6.63. The second kappa shape index (κ2) is 13.6. The standard InChI is InChI=1S/C19H34N2O/c20-14-9-7-5-3-1-2-4-6-8-10-15-21-17-18-12-11-13-19(22)16-18/h11-13,16,21-22H,1-10,14-15,17,20H2. The van der Waals surface area contributed by atoms with E-state index in [2.05, 4.69) is 5.32 Å². The molecule has 0 spiro atoms. The van der Waals surface area contributed by atoms with E-state index in [4.69, 9.17) is 5.73 Å². The van der Waals surface area contributed by atoms with Crippen molar-refractivity contribution in [3.63, 3.8) is 0 Å². The Morgan fingerprint density at radius 3 is 2.00 bits per heavy atom. The van der Waals surface area contributed by atoms with Crippen LogP contribution < -0.4 is 11.1 Å². The van der Waals surface area contributed by atoms with Crippen molar-refractivity contribution < 1.29 is 5.11 Å². The van der Waals surface area contributed by atoms with Gasteiger partial charge in [0, 0.05) is 6.54 Å². The van der Waals surface area contributed by atoms with Crippen molar-refractivity contribution in [3.05, 3.63) is 29.8 Å². The second-order valence-corrected chi connectivity index (χ2v) is 6.17. The van der Waals surface area contributed by atoms with Crippen LogP contribution in [0.2, 0.25) is 0 Å². The third-order valence-electron chi connectivity index (χ3n) is 4.05. The molecule has 3 nitrogen and oxygen atoms in total. The van der Waals surface area contributed by atoms with Crippen LogP contribution in [0, 0.1) is 0 Å². The van der Waals surface area contributed by atoms with Crippen LogP contribution in [0.5, 0.6) is 5.75 Å². The minimum atomic E-state index is 0.349. The number of nitrogens with one attached hydrogen (secondary N) is 1. The molecule has 1 rings (SSSR count). The maximum absolute atomic E-state index is 9.38. The number of aromatic hydroxyl groups is 1. The monoisotopic (exact) mass is 306 g/mol. The number of nitrogens with two attached hydrogens (primary N) is 1. The molecule has 0 aromatic heterocycles. The van der Waals surface area contributed by atoms with Crippen molar-refractivity contribution in [3.8, 4) is 5.75 Å². The van der Waals surface area contributed by atoms with Crippen molar-refractivity contribution >= 4 is 0 Å². The number of benzene rings is 1. The highest BCUT2D eigenvalue weighted by atomic mass is 16.3. The molecule has 3 heteroatoms. The number of phenolic OH excluding ortho intramolecular Hbond substituents is 1. The number of unbranched alkanes of at least 4 members (excludes halogenated alkanes) is 9. The number of phenols is 1. The fourth-order valence-corrected chi connectivity index (χ4v) is 2.71. The fourth-order valence-electron chi connectivity index (χ4n) is 2.71. The summed E-state index contributed by atoms with van der Waals surface area (Å²) in [7, 11) is 0. The summed E-state index contributed by atoms with van der Waals surface area (Å²) >= 11 is 0. The van der Waals surface area contributed by atoms with Gasteiger partial charge in [-0.1, -0.05) is 63.5 Å². The Morgan fingerprint density at radius 1 is 0.818 bits per heavy atom. The van der Waals surface area contributed by atoms with Crippen LogP contribution in [-0.2, 0) is 6.54 Å². The molecule has 0 unspecified atom stereocenters. The van der Waals surface area contributed by atoms with E-state index in [0.29, 0.717) is 5.75 Å². The van der Waals surface area contributed by atoms with E-state index in [1.165, 1.54) is 64.2 Å². The van der Waals surface area contributed by atoms with Gasteiger partial charge in [0.25, 0.3) is 0 Å². The topological polar surface area (TPSA) is 58.3 Å². The lowest BCUT2D eigenvalue weighted by Crippen LogP contribution is -2.14. The smallest absolute Gasteiger partial charge is 0.115 e. The maximum Gasteiger partial charge on any atom is 0.115 e. The van der Waals surface area contributed by atoms with Crippen molar-refractivity contribution in [2.45, 2.75) is 70.8 Å². The molecule has 0 aliphatic carbocycles. The van der Waals surface area contributed by atoms with Gasteiger partial charge < -0.3 is 16.2 Å². The fraction of sp³-hybridized carbons (Fsp3) is 0.684. The summed E-state index contributed by atoms with van der Waals surface area (Å²) in [4.78, 5) is 0. The Bertz CT molecular complexity index is 368. The van der Waals surface area contributed by atoms with Gasteiger partial charge in [0.1, 0.15) is 5.75 Å². The summed E-state index contributed by atoms with van der Waals surface area (Å²) in [6, 6.07) is 7.46. The molecule has 0 amide bonds. The molecular weight excluding hydrogens is 272 g/mol. The third-order valence-corrected chi connectivity index (χ3v) is 4.05. The van der Waals surface area contributed by atoms with Crippen molar-refractivity contribution in [1.29, 1.82) is 0 Å². The molecular formula is C19H34N2O. The van der Waals surface area contributed by atoms with Crippen LogP contribution in [0.25, 0.3) is 0 Å². The van der Waals surface area contributed by atoms with E-state index in [-0.39, 0.29) is 0 Å². The summed E-state index contributed by atoms with van der Waals surface area (Å²) in [5, 5.41) is 12.8. The van der Waals surface area contributed by atoms with Gasteiger partial charge in [-0.25, -0.2) is 0 Å². The van der Waals surface area contributed by atoms with Crippen molar-refractivity contribution in [2.75, 3.05) is 13.1 Å². The van der Waals surface area contributed by atoms with Gasteiger partial charge >= 0.3 is 0 Å². The quantitative estimate of drug-likeness (QED) is 0.448. The summed E-state index contributed by atoms with van der Waals surface area (Å²) in [5.74, 6) is 0.349. The first-order valence-electron chi connectivity index (χ1n) is 9.01. The minimum Gasteiger partial charge on any atom is -0.508 e. The van der Waals surface area contributed by atoms with Crippen LogP contribution in [-0.4, -0.2) is 18.2 Å². The van der Waals surface area contributed by atoms with E-state index in [1.807, 2.05) is 18.2 Å². The lowest BCUT2D eigenvalue weighted by molar-refractivity contribution is 0.474. The van der Waals surface area contributed by atoms with Crippen LogP contribution in [0.1, 0.15) is 69.8 Å². The largest absolute Gasteiger partial charge is 0.508 e. The van der Waals surface area contributed by atoms with Gasteiger partial charge in [-0.2, -0.15) is 0 Å². The highest BCUT2D eigenvalue weighted by Gasteiger charge is 1.95. The first-order valence-corrected chi connectivity index (χ1v) is 9.01. The van der Waals surface area contributed by atoms with Crippen LogP contribution in [0.3, 0.4) is 0 Å².